The standard InChI is InChI=1S/C20H25ClO3/c21-11-5-1-2-6-12-23-16-9-10-19-17(13-16)18(22)14-20(24-19)15-7-3-4-8-15/h9-10,13-15H,1-8,11-12H2. The van der Waals surface area contributed by atoms with Crippen molar-refractivity contribution in [1.29, 1.82) is 0 Å². The molecule has 0 aliphatic heterocycles. The lowest BCUT2D eigenvalue weighted by atomic mass is 10.0. The van der Waals surface area contributed by atoms with E-state index < -0.39 is 0 Å². The first-order valence-corrected chi connectivity index (χ1v) is 9.58. The zero-order valence-electron chi connectivity index (χ0n) is 14.1. The third-order valence-electron chi connectivity index (χ3n) is 4.77. The van der Waals surface area contributed by atoms with Crippen LogP contribution in [0.15, 0.2) is 33.5 Å². The van der Waals surface area contributed by atoms with E-state index in [9.17, 15) is 4.79 Å². The molecular weight excluding hydrogens is 324 g/mol. The quantitative estimate of drug-likeness (QED) is 0.458. The summed E-state index contributed by atoms with van der Waals surface area (Å²) < 4.78 is 11.7. The number of unbranched alkanes of at least 4 members (excludes halogenated alkanes) is 3. The van der Waals surface area contributed by atoms with Crippen LogP contribution in [0.1, 0.15) is 63.0 Å². The molecular formula is C20H25ClO3. The first-order valence-electron chi connectivity index (χ1n) is 9.04. The molecule has 0 unspecified atom stereocenters. The summed E-state index contributed by atoms with van der Waals surface area (Å²) >= 11 is 5.66. The van der Waals surface area contributed by atoms with Gasteiger partial charge in [0, 0.05) is 17.9 Å². The molecule has 0 radical (unpaired) electrons. The van der Waals surface area contributed by atoms with Crippen molar-refractivity contribution in [2.24, 2.45) is 0 Å². The van der Waals surface area contributed by atoms with Gasteiger partial charge in [0.05, 0.1) is 12.0 Å². The summed E-state index contributed by atoms with van der Waals surface area (Å²) in [6.07, 6.45) is 9.02. The monoisotopic (exact) mass is 348 g/mol. The van der Waals surface area contributed by atoms with Gasteiger partial charge in [-0.05, 0) is 43.9 Å². The summed E-state index contributed by atoms with van der Waals surface area (Å²) in [5.41, 5.74) is 0.699. The van der Waals surface area contributed by atoms with Crippen molar-refractivity contribution >= 4 is 22.6 Å². The van der Waals surface area contributed by atoms with Crippen molar-refractivity contribution in [3.63, 3.8) is 0 Å². The van der Waals surface area contributed by atoms with Gasteiger partial charge in [0.15, 0.2) is 5.43 Å². The summed E-state index contributed by atoms with van der Waals surface area (Å²) in [5, 5.41) is 0.608. The van der Waals surface area contributed by atoms with Crippen molar-refractivity contribution < 1.29 is 9.15 Å². The van der Waals surface area contributed by atoms with Crippen LogP contribution in [0, 0.1) is 0 Å². The first-order chi connectivity index (χ1) is 11.8. The van der Waals surface area contributed by atoms with E-state index in [2.05, 4.69) is 0 Å². The number of hydrogen-bond acceptors (Lipinski definition) is 3. The molecule has 2 aromatic rings. The van der Waals surface area contributed by atoms with Gasteiger partial charge in [-0.15, -0.1) is 11.6 Å². The summed E-state index contributed by atoms with van der Waals surface area (Å²) in [7, 11) is 0. The highest BCUT2D eigenvalue weighted by atomic mass is 35.5. The zero-order valence-corrected chi connectivity index (χ0v) is 14.8. The minimum Gasteiger partial charge on any atom is -0.494 e. The molecule has 24 heavy (non-hydrogen) atoms. The average Bonchev–Trinajstić information content (AvgIpc) is 3.13. The molecule has 1 aromatic carbocycles. The highest BCUT2D eigenvalue weighted by Crippen LogP contribution is 2.34. The van der Waals surface area contributed by atoms with Gasteiger partial charge in [-0.2, -0.15) is 0 Å². The molecule has 0 saturated heterocycles. The molecule has 1 aliphatic rings. The van der Waals surface area contributed by atoms with Crippen LogP contribution < -0.4 is 10.2 Å². The van der Waals surface area contributed by atoms with E-state index in [1.54, 1.807) is 12.1 Å². The van der Waals surface area contributed by atoms with Crippen molar-refractivity contribution in [3.05, 3.63) is 40.2 Å². The van der Waals surface area contributed by atoms with Crippen LogP contribution in [-0.4, -0.2) is 12.5 Å². The fraction of sp³-hybridized carbons (Fsp3) is 0.550. The maximum atomic E-state index is 12.4. The summed E-state index contributed by atoms with van der Waals surface area (Å²) in [6, 6.07) is 7.23. The molecule has 3 rings (SSSR count). The number of alkyl halides is 1. The number of rotatable bonds is 8. The number of fused-ring (bicyclic) bond motifs is 1. The fourth-order valence-corrected chi connectivity index (χ4v) is 3.58. The van der Waals surface area contributed by atoms with E-state index in [0.717, 1.165) is 55.9 Å². The maximum Gasteiger partial charge on any atom is 0.193 e. The molecule has 130 valence electrons. The molecule has 1 heterocycles. The molecule has 3 nitrogen and oxygen atoms in total. The van der Waals surface area contributed by atoms with E-state index in [1.807, 2.05) is 12.1 Å². The third-order valence-corrected chi connectivity index (χ3v) is 5.04. The first kappa shape index (κ1) is 17.3. The van der Waals surface area contributed by atoms with Crippen LogP contribution in [0.25, 0.3) is 11.0 Å². The Balaban J connectivity index is 1.66. The molecule has 0 bridgehead atoms. The van der Waals surface area contributed by atoms with Crippen molar-refractivity contribution in [2.45, 2.75) is 57.3 Å². The van der Waals surface area contributed by atoms with Crippen LogP contribution in [-0.2, 0) is 0 Å². The molecule has 0 atom stereocenters. The second-order valence-electron chi connectivity index (χ2n) is 6.60. The Hall–Kier alpha value is -1.48. The largest absolute Gasteiger partial charge is 0.494 e. The normalized spacial score (nSPS) is 15.2. The van der Waals surface area contributed by atoms with E-state index >= 15 is 0 Å². The lowest BCUT2D eigenvalue weighted by molar-refractivity contribution is 0.305. The third kappa shape index (κ3) is 4.32. The topological polar surface area (TPSA) is 39.4 Å². The van der Waals surface area contributed by atoms with Gasteiger partial charge >= 0.3 is 0 Å². The molecule has 0 spiro atoms. The molecule has 4 heteroatoms. The van der Waals surface area contributed by atoms with Gasteiger partial charge in [-0.3, -0.25) is 4.79 Å². The maximum absolute atomic E-state index is 12.4. The van der Waals surface area contributed by atoms with E-state index in [0.29, 0.717) is 23.5 Å². The van der Waals surface area contributed by atoms with Gasteiger partial charge < -0.3 is 9.15 Å². The van der Waals surface area contributed by atoms with Gasteiger partial charge in [0.2, 0.25) is 0 Å². The van der Waals surface area contributed by atoms with Gasteiger partial charge in [0.1, 0.15) is 17.1 Å². The summed E-state index contributed by atoms with van der Waals surface area (Å²) in [6.45, 7) is 0.666. The van der Waals surface area contributed by atoms with Crippen LogP contribution in [0.5, 0.6) is 5.75 Å². The molecule has 1 aromatic heterocycles. The molecule has 0 N–H and O–H groups in total. The summed E-state index contributed by atoms with van der Waals surface area (Å²) in [4.78, 5) is 12.4. The molecule has 1 saturated carbocycles. The van der Waals surface area contributed by atoms with E-state index in [-0.39, 0.29) is 5.43 Å². The Morgan fingerprint density at radius 2 is 1.88 bits per heavy atom. The van der Waals surface area contributed by atoms with Crippen molar-refractivity contribution in [2.75, 3.05) is 12.5 Å². The molecule has 1 aliphatic carbocycles. The van der Waals surface area contributed by atoms with Crippen molar-refractivity contribution in [3.8, 4) is 5.75 Å². The predicted octanol–water partition coefficient (Wildman–Crippen LogP) is 5.63. The second kappa shape index (κ2) is 8.57. The SMILES string of the molecule is O=c1cc(C2CCCC2)oc2ccc(OCCCCCCCl)cc12. The Labute approximate surface area is 148 Å². The molecule has 1 fully saturated rings. The van der Waals surface area contributed by atoms with E-state index in [1.165, 1.54) is 12.8 Å². The zero-order chi connectivity index (χ0) is 16.8. The van der Waals surface area contributed by atoms with Gasteiger partial charge in [-0.25, -0.2) is 0 Å². The minimum atomic E-state index is 0.0331. The van der Waals surface area contributed by atoms with Crippen LogP contribution in [0.3, 0.4) is 0 Å². The van der Waals surface area contributed by atoms with Crippen LogP contribution in [0.4, 0.5) is 0 Å². The molecule has 0 amide bonds. The summed E-state index contributed by atoms with van der Waals surface area (Å²) in [5.74, 6) is 2.72. The number of benzene rings is 1. The Bertz CT molecular complexity index is 716. The van der Waals surface area contributed by atoms with Gasteiger partial charge in [-0.1, -0.05) is 25.7 Å². The lowest BCUT2D eigenvalue weighted by Crippen LogP contribution is -2.05. The fourth-order valence-electron chi connectivity index (χ4n) is 3.40. The predicted molar refractivity (Wildman–Crippen MR) is 98.4 cm³/mol. The van der Waals surface area contributed by atoms with E-state index in [4.69, 9.17) is 20.8 Å². The number of hydrogen-bond donors (Lipinski definition) is 0. The highest BCUT2D eigenvalue weighted by molar-refractivity contribution is 6.17. The lowest BCUT2D eigenvalue weighted by Gasteiger charge is -2.10. The van der Waals surface area contributed by atoms with Gasteiger partial charge in [0.25, 0.3) is 0 Å². The smallest absolute Gasteiger partial charge is 0.193 e. The Morgan fingerprint density at radius 3 is 2.67 bits per heavy atom. The number of ether oxygens (including phenoxy) is 1. The van der Waals surface area contributed by atoms with Crippen LogP contribution in [0.2, 0.25) is 0 Å². The van der Waals surface area contributed by atoms with Crippen LogP contribution >= 0.6 is 11.6 Å². The highest BCUT2D eigenvalue weighted by Gasteiger charge is 2.20. The minimum absolute atomic E-state index is 0.0331. The Kier molecular flexibility index (Phi) is 6.19. The average molecular weight is 349 g/mol. The Morgan fingerprint density at radius 1 is 1.08 bits per heavy atom. The number of halogens is 1. The second-order valence-corrected chi connectivity index (χ2v) is 6.98. The van der Waals surface area contributed by atoms with Crippen molar-refractivity contribution in [1.82, 2.24) is 0 Å².